The Morgan fingerprint density at radius 2 is 1.95 bits per heavy atom. The van der Waals surface area contributed by atoms with Gasteiger partial charge in [0.05, 0.1) is 17.0 Å². The van der Waals surface area contributed by atoms with Crippen molar-refractivity contribution in [2.24, 2.45) is 5.41 Å². The van der Waals surface area contributed by atoms with Gasteiger partial charge in [-0.2, -0.15) is 0 Å². The number of halogens is 1. The third-order valence-electron chi connectivity index (χ3n) is 2.60. The molecule has 1 aromatic rings. The molecule has 0 aliphatic heterocycles. The van der Waals surface area contributed by atoms with Crippen molar-refractivity contribution in [2.75, 3.05) is 10.5 Å². The van der Waals surface area contributed by atoms with Gasteiger partial charge < -0.3 is 5.11 Å². The number of hydrogen-bond donors (Lipinski definition) is 2. The van der Waals surface area contributed by atoms with E-state index >= 15 is 0 Å². The number of carboxylic acid groups (broad SMARTS) is 1. The first-order valence-corrected chi connectivity index (χ1v) is 8.48. The van der Waals surface area contributed by atoms with Gasteiger partial charge >= 0.3 is 5.97 Å². The minimum absolute atomic E-state index is 0.0137. The molecule has 112 valence electrons. The average Bonchev–Trinajstić information content (AvgIpc) is 2.28. The van der Waals surface area contributed by atoms with Gasteiger partial charge in [0.1, 0.15) is 0 Å². The molecular weight excluding hydrogens is 346 g/mol. The molecule has 0 fully saturated rings. The fourth-order valence-corrected chi connectivity index (χ4v) is 3.36. The molecular formula is C13H18BrNO4S. The number of sulfonamides is 1. The van der Waals surface area contributed by atoms with Crippen LogP contribution in [0.5, 0.6) is 0 Å². The van der Waals surface area contributed by atoms with Crippen molar-refractivity contribution in [1.29, 1.82) is 0 Å². The second-order valence-corrected chi connectivity index (χ2v) is 8.43. The molecule has 0 radical (unpaired) electrons. The Kier molecular flexibility index (Phi) is 5.21. The van der Waals surface area contributed by atoms with Crippen molar-refractivity contribution in [2.45, 2.75) is 27.2 Å². The normalized spacial score (nSPS) is 12.2. The number of rotatable bonds is 5. The van der Waals surface area contributed by atoms with E-state index in [1.54, 1.807) is 0 Å². The molecule has 0 atom stereocenters. The van der Waals surface area contributed by atoms with Crippen molar-refractivity contribution in [3.63, 3.8) is 0 Å². The molecule has 0 aliphatic rings. The number of nitrogens with one attached hydrogen (secondary N) is 1. The predicted molar refractivity (Wildman–Crippen MR) is 82.6 cm³/mol. The smallest absolute Gasteiger partial charge is 0.335 e. The molecule has 7 heteroatoms. The van der Waals surface area contributed by atoms with Gasteiger partial charge in [-0.3, -0.25) is 4.72 Å². The summed E-state index contributed by atoms with van der Waals surface area (Å²) in [5, 5.41) is 8.92. The zero-order valence-electron chi connectivity index (χ0n) is 11.6. The molecule has 0 saturated carbocycles. The van der Waals surface area contributed by atoms with Gasteiger partial charge in [-0.25, -0.2) is 13.2 Å². The summed E-state index contributed by atoms with van der Waals surface area (Å²) in [7, 11) is -3.51. The van der Waals surface area contributed by atoms with Crippen molar-refractivity contribution < 1.29 is 18.3 Å². The van der Waals surface area contributed by atoms with Crippen LogP contribution in [0.4, 0.5) is 5.69 Å². The predicted octanol–water partition coefficient (Wildman–Crippen LogP) is 3.33. The molecule has 1 aromatic carbocycles. The van der Waals surface area contributed by atoms with Crippen LogP contribution in [0.3, 0.4) is 0 Å². The lowest BCUT2D eigenvalue weighted by Crippen LogP contribution is -2.21. The summed E-state index contributed by atoms with van der Waals surface area (Å²) in [4.78, 5) is 10.9. The van der Waals surface area contributed by atoms with Gasteiger partial charge in [-0.15, -0.1) is 0 Å². The van der Waals surface area contributed by atoms with E-state index in [1.807, 2.05) is 20.8 Å². The maximum Gasteiger partial charge on any atom is 0.335 e. The van der Waals surface area contributed by atoms with Crippen LogP contribution in [0.1, 0.15) is 37.6 Å². The minimum atomic E-state index is -3.51. The lowest BCUT2D eigenvalue weighted by Gasteiger charge is -2.18. The minimum Gasteiger partial charge on any atom is -0.478 e. The van der Waals surface area contributed by atoms with E-state index in [9.17, 15) is 13.2 Å². The van der Waals surface area contributed by atoms with Gasteiger partial charge in [0.15, 0.2) is 0 Å². The third kappa shape index (κ3) is 5.50. The molecule has 0 unspecified atom stereocenters. The van der Waals surface area contributed by atoms with E-state index in [4.69, 9.17) is 5.11 Å². The van der Waals surface area contributed by atoms with Gasteiger partial charge in [-0.05, 0) is 46.0 Å². The lowest BCUT2D eigenvalue weighted by molar-refractivity contribution is 0.0697. The highest BCUT2D eigenvalue weighted by atomic mass is 79.9. The topological polar surface area (TPSA) is 83.5 Å². The molecule has 0 saturated heterocycles. The maximum atomic E-state index is 12.0. The molecule has 0 amide bonds. The van der Waals surface area contributed by atoms with E-state index in [2.05, 4.69) is 20.7 Å². The first-order valence-electron chi connectivity index (χ1n) is 6.03. The summed E-state index contributed by atoms with van der Waals surface area (Å²) >= 11 is 3.20. The number of hydrogen-bond acceptors (Lipinski definition) is 3. The summed E-state index contributed by atoms with van der Waals surface area (Å²) in [5.41, 5.74) is 0.176. The van der Waals surface area contributed by atoms with Gasteiger partial charge in [0.2, 0.25) is 10.0 Å². The molecule has 0 bridgehead atoms. The monoisotopic (exact) mass is 363 g/mol. The summed E-state index contributed by atoms with van der Waals surface area (Å²) in [6.07, 6.45) is 0.512. The highest BCUT2D eigenvalue weighted by molar-refractivity contribution is 9.10. The molecule has 5 nitrogen and oxygen atoms in total. The molecule has 0 aliphatic carbocycles. The Balaban J connectivity index is 2.92. The molecule has 0 aromatic heterocycles. The molecule has 20 heavy (non-hydrogen) atoms. The first kappa shape index (κ1) is 17.0. The van der Waals surface area contributed by atoms with E-state index in [1.165, 1.54) is 18.2 Å². The standard InChI is InChI=1S/C13H18BrNO4S/c1-13(2,3)6-7-20(18,19)15-11-8-9(12(16)17)4-5-10(11)14/h4-5,8,15H,6-7H2,1-3H3,(H,16,17). The van der Waals surface area contributed by atoms with Crippen LogP contribution in [-0.2, 0) is 10.0 Å². The second-order valence-electron chi connectivity index (χ2n) is 5.73. The molecule has 0 heterocycles. The number of carboxylic acids is 1. The Hall–Kier alpha value is -1.08. The van der Waals surface area contributed by atoms with Crippen LogP contribution < -0.4 is 4.72 Å². The first-order chi connectivity index (χ1) is 9.00. The third-order valence-corrected chi connectivity index (χ3v) is 4.56. The second kappa shape index (κ2) is 6.13. The Labute approximate surface area is 127 Å². The SMILES string of the molecule is CC(C)(C)CCS(=O)(=O)Nc1cc(C(=O)O)ccc1Br. The van der Waals surface area contributed by atoms with Crippen molar-refractivity contribution in [3.8, 4) is 0 Å². The maximum absolute atomic E-state index is 12.0. The van der Waals surface area contributed by atoms with E-state index in [0.717, 1.165) is 0 Å². The summed E-state index contributed by atoms with van der Waals surface area (Å²) in [6.45, 7) is 5.89. The van der Waals surface area contributed by atoms with Crippen molar-refractivity contribution in [1.82, 2.24) is 0 Å². The van der Waals surface area contributed by atoms with Crippen molar-refractivity contribution in [3.05, 3.63) is 28.2 Å². The summed E-state index contributed by atoms with van der Waals surface area (Å²) < 4.78 is 26.9. The average molecular weight is 364 g/mol. The van der Waals surface area contributed by atoms with Gasteiger partial charge in [0, 0.05) is 4.47 Å². The summed E-state index contributed by atoms with van der Waals surface area (Å²) in [6, 6.07) is 4.20. The van der Waals surface area contributed by atoms with Crippen LogP contribution >= 0.6 is 15.9 Å². The van der Waals surface area contributed by atoms with E-state index in [0.29, 0.717) is 10.9 Å². The number of benzene rings is 1. The number of anilines is 1. The lowest BCUT2D eigenvalue weighted by atomic mass is 9.94. The van der Waals surface area contributed by atoms with Crippen LogP contribution in [0, 0.1) is 5.41 Å². The largest absolute Gasteiger partial charge is 0.478 e. The number of carbonyl (C=O) groups is 1. The zero-order chi connectivity index (χ0) is 15.6. The van der Waals surface area contributed by atoms with Crippen molar-refractivity contribution >= 4 is 37.6 Å². The highest BCUT2D eigenvalue weighted by Crippen LogP contribution is 2.26. The molecule has 0 spiro atoms. The van der Waals surface area contributed by atoms with Crippen LogP contribution in [0.15, 0.2) is 22.7 Å². The highest BCUT2D eigenvalue weighted by Gasteiger charge is 2.18. The number of aromatic carboxylic acids is 1. The Morgan fingerprint density at radius 3 is 2.45 bits per heavy atom. The van der Waals surface area contributed by atoms with Gasteiger partial charge in [0.25, 0.3) is 0 Å². The molecule has 1 rings (SSSR count). The van der Waals surface area contributed by atoms with Gasteiger partial charge in [-0.1, -0.05) is 20.8 Å². The Bertz CT molecular complexity index is 605. The zero-order valence-corrected chi connectivity index (χ0v) is 14.0. The fourth-order valence-electron chi connectivity index (χ4n) is 1.40. The van der Waals surface area contributed by atoms with Crippen LogP contribution in [-0.4, -0.2) is 25.2 Å². The fraction of sp³-hybridized carbons (Fsp3) is 0.462. The Morgan fingerprint density at radius 1 is 1.35 bits per heavy atom. The molecule has 2 N–H and O–H groups in total. The quantitative estimate of drug-likeness (QED) is 0.840. The van der Waals surface area contributed by atoms with E-state index in [-0.39, 0.29) is 22.4 Å². The summed E-state index contributed by atoms with van der Waals surface area (Å²) in [5.74, 6) is -1.12. The van der Waals surface area contributed by atoms with Crippen LogP contribution in [0.25, 0.3) is 0 Å². The van der Waals surface area contributed by atoms with Crippen LogP contribution in [0.2, 0.25) is 0 Å². The van der Waals surface area contributed by atoms with E-state index < -0.39 is 16.0 Å².